The molecule has 0 heterocycles. The third-order valence-corrected chi connectivity index (χ3v) is 10.9. The first-order valence-electron chi connectivity index (χ1n) is 25.9. The molecule has 0 unspecified atom stereocenters. The van der Waals surface area contributed by atoms with Gasteiger partial charge in [0.25, 0.3) is 0 Å². The van der Waals surface area contributed by atoms with Crippen LogP contribution in [-0.2, 0) is 47.1 Å². The molecule has 354 valence electrons. The van der Waals surface area contributed by atoms with Gasteiger partial charge in [0, 0.05) is 17.9 Å². The molecule has 0 aromatic carbocycles. The van der Waals surface area contributed by atoms with E-state index in [-0.39, 0.29) is 52.0 Å². The molecule has 0 radical (unpaired) electrons. The van der Waals surface area contributed by atoms with Crippen LogP contribution in [0.2, 0.25) is 0 Å². The van der Waals surface area contributed by atoms with E-state index >= 15 is 0 Å². The summed E-state index contributed by atoms with van der Waals surface area (Å²) in [5, 5.41) is 30.6. The summed E-state index contributed by atoms with van der Waals surface area (Å²) in [7, 11) is 0. The summed E-state index contributed by atoms with van der Waals surface area (Å²) in [5.74, 6) is -2.74. The smallest absolute Gasteiger partial charge is 0.550 e. The zero-order valence-electron chi connectivity index (χ0n) is 40.7. The number of rotatable bonds is 45. The maximum atomic E-state index is 10.2. The number of carboxylic acids is 3. The van der Waals surface area contributed by atoms with Crippen molar-refractivity contribution >= 4 is 17.9 Å². The van der Waals surface area contributed by atoms with E-state index in [1.54, 1.807) is 0 Å². The van der Waals surface area contributed by atoms with Crippen LogP contribution in [0, 0.1) is 0 Å². The van der Waals surface area contributed by atoms with E-state index in [0.717, 1.165) is 57.8 Å². The molecule has 0 aromatic heterocycles. The molecule has 0 spiro atoms. The van der Waals surface area contributed by atoms with Crippen molar-refractivity contribution in [3.63, 3.8) is 0 Å². The fourth-order valence-corrected chi connectivity index (χ4v) is 7.02. The van der Waals surface area contributed by atoms with Crippen LogP contribution in [0.5, 0.6) is 0 Å². The number of hydrogen-bond donors (Lipinski definition) is 0. The standard InChI is InChI=1S/3C18H34O2.Y/c3*1-2-3-4-5-6-7-8-9-10-11-12-13-14-15-16-17-18(19)20;/h3*9-10H,2-8,11-17H2,1H3,(H,19,20);/q;;;+3/p-3. The Hall–Kier alpha value is -1.27. The first-order valence-corrected chi connectivity index (χ1v) is 25.9. The van der Waals surface area contributed by atoms with Gasteiger partial charge in [-0.05, 0) is 116 Å². The van der Waals surface area contributed by atoms with Crippen LogP contribution in [0.4, 0.5) is 0 Å². The molecular weight excluding hydrogens is 833 g/mol. The van der Waals surface area contributed by atoms with Crippen molar-refractivity contribution in [2.75, 3.05) is 0 Å². The molecule has 0 saturated heterocycles. The normalized spacial score (nSPS) is 11.1. The number of carboxylic acid groups (broad SMARTS) is 3. The van der Waals surface area contributed by atoms with E-state index in [4.69, 9.17) is 0 Å². The van der Waals surface area contributed by atoms with Crippen molar-refractivity contribution in [2.24, 2.45) is 0 Å². The van der Waals surface area contributed by atoms with Gasteiger partial charge in [-0.15, -0.1) is 0 Å². The maximum Gasteiger partial charge on any atom is 3.00 e. The van der Waals surface area contributed by atoms with Crippen LogP contribution in [0.15, 0.2) is 36.5 Å². The Balaban J connectivity index is -0.000000396. The third kappa shape index (κ3) is 76.4. The Morgan fingerprint density at radius 1 is 0.262 bits per heavy atom. The molecule has 0 saturated carbocycles. The Kier molecular flexibility index (Phi) is 68.5. The largest absolute Gasteiger partial charge is 3.00 e. The first-order chi connectivity index (χ1) is 29.3. The van der Waals surface area contributed by atoms with Gasteiger partial charge in [0.2, 0.25) is 0 Å². The number of unbranched alkanes of at least 4 members (excludes halogenated alkanes) is 33. The van der Waals surface area contributed by atoms with Crippen molar-refractivity contribution in [3.8, 4) is 0 Å². The van der Waals surface area contributed by atoms with Crippen LogP contribution >= 0.6 is 0 Å². The molecular formula is C54H99O6Y. The third-order valence-electron chi connectivity index (χ3n) is 10.9. The predicted molar refractivity (Wildman–Crippen MR) is 253 cm³/mol. The van der Waals surface area contributed by atoms with E-state index in [1.165, 1.54) is 193 Å². The molecule has 0 aliphatic heterocycles. The number of hydrogen-bond acceptors (Lipinski definition) is 6. The second kappa shape index (κ2) is 63.0. The summed E-state index contributed by atoms with van der Waals surface area (Å²) in [4.78, 5) is 30.6. The Labute approximate surface area is 404 Å². The minimum Gasteiger partial charge on any atom is -0.550 e. The van der Waals surface area contributed by atoms with Crippen LogP contribution < -0.4 is 15.3 Å². The summed E-state index contributed by atoms with van der Waals surface area (Å²) < 4.78 is 0. The van der Waals surface area contributed by atoms with Gasteiger partial charge in [-0.3, -0.25) is 0 Å². The van der Waals surface area contributed by atoms with Gasteiger partial charge in [-0.25, -0.2) is 0 Å². The second-order valence-electron chi connectivity index (χ2n) is 17.1. The molecule has 0 aliphatic carbocycles. The Morgan fingerprint density at radius 2 is 0.410 bits per heavy atom. The zero-order valence-corrected chi connectivity index (χ0v) is 43.5. The van der Waals surface area contributed by atoms with Gasteiger partial charge in [0.05, 0.1) is 0 Å². The van der Waals surface area contributed by atoms with Crippen LogP contribution in [0.25, 0.3) is 0 Å². The molecule has 0 amide bonds. The van der Waals surface area contributed by atoms with Crippen LogP contribution in [-0.4, -0.2) is 17.9 Å². The first kappa shape index (κ1) is 66.3. The summed E-state index contributed by atoms with van der Waals surface area (Å²) in [6, 6.07) is 0. The summed E-state index contributed by atoms with van der Waals surface area (Å²) in [6.07, 6.45) is 62.7. The molecule has 0 fully saturated rings. The van der Waals surface area contributed by atoms with E-state index in [1.807, 2.05) is 0 Å². The number of carbonyl (C=O) groups is 3. The number of allylic oxidation sites excluding steroid dienone is 6. The topological polar surface area (TPSA) is 120 Å². The summed E-state index contributed by atoms with van der Waals surface area (Å²) >= 11 is 0. The molecule has 0 N–H and O–H groups in total. The van der Waals surface area contributed by atoms with Crippen molar-refractivity contribution in [2.45, 2.75) is 290 Å². The van der Waals surface area contributed by atoms with Gasteiger partial charge >= 0.3 is 32.7 Å². The fraction of sp³-hybridized carbons (Fsp3) is 0.833. The van der Waals surface area contributed by atoms with Crippen molar-refractivity contribution in [1.82, 2.24) is 0 Å². The molecule has 0 aliphatic rings. The van der Waals surface area contributed by atoms with Crippen LogP contribution in [0.3, 0.4) is 0 Å². The fourth-order valence-electron chi connectivity index (χ4n) is 7.02. The van der Waals surface area contributed by atoms with Gasteiger partial charge in [-0.1, -0.05) is 211 Å². The molecule has 0 atom stereocenters. The summed E-state index contributed by atoms with van der Waals surface area (Å²) in [6.45, 7) is 6.77. The number of carbonyl (C=O) groups excluding carboxylic acids is 3. The van der Waals surface area contributed by atoms with Gasteiger partial charge < -0.3 is 29.7 Å². The van der Waals surface area contributed by atoms with Gasteiger partial charge in [0.15, 0.2) is 0 Å². The molecule has 0 aromatic rings. The molecule has 7 heteroatoms. The molecule has 61 heavy (non-hydrogen) atoms. The molecule has 0 rings (SSSR count). The van der Waals surface area contributed by atoms with Crippen molar-refractivity contribution in [3.05, 3.63) is 36.5 Å². The quantitative estimate of drug-likeness (QED) is 0.0443. The van der Waals surface area contributed by atoms with E-state index in [9.17, 15) is 29.7 Å². The minimum atomic E-state index is -0.914. The average molecular weight is 933 g/mol. The zero-order chi connectivity index (χ0) is 44.7. The monoisotopic (exact) mass is 933 g/mol. The Bertz CT molecular complexity index is 827. The van der Waals surface area contributed by atoms with E-state index in [0.29, 0.717) is 0 Å². The molecule has 6 nitrogen and oxygen atoms in total. The summed E-state index contributed by atoms with van der Waals surface area (Å²) in [5.41, 5.74) is 0. The SMILES string of the molecule is CCCCCCCCC=CCCCCCCCC(=O)[O-].CCCCCCCCC=CCCCCCCCC(=O)[O-].CCCCCCCCC=CCCCCCCCC(=O)[O-].[Y+3]. The maximum absolute atomic E-state index is 10.2. The van der Waals surface area contributed by atoms with E-state index < -0.39 is 17.9 Å². The van der Waals surface area contributed by atoms with Gasteiger partial charge in [-0.2, -0.15) is 0 Å². The second-order valence-corrected chi connectivity index (χ2v) is 17.1. The Morgan fingerprint density at radius 3 is 0.574 bits per heavy atom. The number of aliphatic carboxylic acids is 3. The predicted octanol–water partition coefficient (Wildman–Crippen LogP) is 14.3. The van der Waals surface area contributed by atoms with Gasteiger partial charge in [0.1, 0.15) is 0 Å². The average Bonchev–Trinajstić information content (AvgIpc) is 3.22. The van der Waals surface area contributed by atoms with Crippen LogP contribution in [0.1, 0.15) is 290 Å². The van der Waals surface area contributed by atoms with Crippen molar-refractivity contribution < 1.29 is 62.4 Å². The van der Waals surface area contributed by atoms with E-state index in [2.05, 4.69) is 57.2 Å². The van der Waals surface area contributed by atoms with Crippen molar-refractivity contribution in [1.29, 1.82) is 0 Å². The molecule has 0 bridgehead atoms. The minimum absolute atomic E-state index is 0.